The van der Waals surface area contributed by atoms with Crippen molar-refractivity contribution < 1.29 is 15.1 Å². The van der Waals surface area contributed by atoms with Crippen LogP contribution >= 0.6 is 0 Å². The lowest BCUT2D eigenvalue weighted by molar-refractivity contribution is 0.0687. The fourth-order valence-electron chi connectivity index (χ4n) is 4.55. The molecule has 0 aliphatic carbocycles. The molecule has 4 N–H and O–H groups in total. The Morgan fingerprint density at radius 1 is 1.03 bits per heavy atom. The summed E-state index contributed by atoms with van der Waals surface area (Å²) >= 11 is 0. The van der Waals surface area contributed by atoms with Gasteiger partial charge in [0.2, 0.25) is 0 Å². The van der Waals surface area contributed by atoms with Gasteiger partial charge in [-0.2, -0.15) is 0 Å². The number of phenolic OH excluding ortho intramolecular Hbond substituents is 1. The van der Waals surface area contributed by atoms with E-state index < -0.39 is 10.9 Å². The highest BCUT2D eigenvalue weighted by Crippen LogP contribution is 2.33. The lowest BCUT2D eigenvalue weighted by Crippen LogP contribution is -2.50. The Morgan fingerprint density at radius 3 is 2.33 bits per heavy atom. The third-order valence-electron chi connectivity index (χ3n) is 6.74. The number of para-hydroxylation sites is 1. The molecule has 0 unspecified atom stereocenters. The molecule has 0 saturated carbocycles. The molecule has 10 nitrogen and oxygen atoms in total. The highest BCUT2D eigenvalue weighted by molar-refractivity contribution is 5.99. The van der Waals surface area contributed by atoms with Gasteiger partial charge in [-0.25, -0.2) is 0 Å². The topological polar surface area (TPSA) is 135 Å². The molecule has 1 saturated heterocycles. The van der Waals surface area contributed by atoms with Crippen LogP contribution in [0.2, 0.25) is 0 Å². The number of piperazine rings is 1. The number of anilines is 3. The summed E-state index contributed by atoms with van der Waals surface area (Å²) in [4.78, 5) is 41.5. The predicted molar refractivity (Wildman–Crippen MR) is 152 cm³/mol. The standard InChI is InChI=1S/C29H31N5O5/c1-3-5-14-23(32-39)33-15-17-34(18-16-33)29(38)20-12-9-13-22(26(20)35)31-25-24(27(36)28(25)37)30-21(4-2)19-10-7-6-8-11-19/h3,5-14,21,30-31,35,39H,1,4,15-18H2,2H3/t21-/m1/s1. The summed E-state index contributed by atoms with van der Waals surface area (Å²) in [6, 6.07) is 14.0. The molecule has 0 spiro atoms. The van der Waals surface area contributed by atoms with Crippen LogP contribution in [0.15, 0.2) is 88.1 Å². The van der Waals surface area contributed by atoms with E-state index in [1.807, 2.05) is 42.2 Å². The third kappa shape index (κ3) is 5.69. The van der Waals surface area contributed by atoms with E-state index in [2.05, 4.69) is 22.4 Å². The first-order valence-electron chi connectivity index (χ1n) is 12.7. The largest absolute Gasteiger partial charge is 0.505 e. The Kier molecular flexibility index (Phi) is 8.45. The molecule has 10 heteroatoms. The molecule has 0 aromatic heterocycles. The van der Waals surface area contributed by atoms with Crippen LogP contribution in [0.5, 0.6) is 5.75 Å². The highest BCUT2D eigenvalue weighted by Gasteiger charge is 2.28. The molecular formula is C29H31N5O5. The van der Waals surface area contributed by atoms with Crippen LogP contribution in [-0.2, 0) is 0 Å². The monoisotopic (exact) mass is 529 g/mol. The number of nitrogens with zero attached hydrogens (tertiary/aromatic N) is 3. The number of oxime groups is 1. The molecule has 3 aromatic carbocycles. The smallest absolute Gasteiger partial charge is 0.257 e. The second-order valence-electron chi connectivity index (χ2n) is 9.08. The van der Waals surface area contributed by atoms with Crippen LogP contribution in [0.1, 0.15) is 35.3 Å². The van der Waals surface area contributed by atoms with Crippen LogP contribution in [0.25, 0.3) is 0 Å². The van der Waals surface area contributed by atoms with Crippen molar-refractivity contribution in [1.29, 1.82) is 0 Å². The number of carbonyl (C=O) groups excluding carboxylic acids is 1. The average Bonchev–Trinajstić information content (AvgIpc) is 2.98. The molecule has 1 atom stereocenters. The minimum atomic E-state index is -0.695. The number of hydrogen-bond acceptors (Lipinski definition) is 8. The van der Waals surface area contributed by atoms with Gasteiger partial charge in [-0.05, 0) is 30.2 Å². The van der Waals surface area contributed by atoms with Crippen molar-refractivity contribution in [2.24, 2.45) is 5.16 Å². The SMILES string of the molecule is C=CC=CC(=NO)N1CCN(C(=O)c2cccc(Nc3c(N[C@H](CC)c4ccccc4)c(=O)c3=O)c2O)CC1. The third-order valence-corrected chi connectivity index (χ3v) is 6.74. The van der Waals surface area contributed by atoms with Crippen LogP contribution in [0.3, 0.4) is 0 Å². The van der Waals surface area contributed by atoms with Gasteiger partial charge >= 0.3 is 0 Å². The summed E-state index contributed by atoms with van der Waals surface area (Å²) < 4.78 is 0. The predicted octanol–water partition coefficient (Wildman–Crippen LogP) is 3.58. The summed E-state index contributed by atoms with van der Waals surface area (Å²) in [7, 11) is 0. The van der Waals surface area contributed by atoms with Crippen molar-refractivity contribution in [3.8, 4) is 5.75 Å². The molecule has 1 aliphatic heterocycles. The number of amidine groups is 1. The summed E-state index contributed by atoms with van der Waals surface area (Å²) in [5.74, 6) is -0.324. The van der Waals surface area contributed by atoms with E-state index in [1.54, 1.807) is 29.2 Å². The fourth-order valence-corrected chi connectivity index (χ4v) is 4.55. The Bertz CT molecular complexity index is 1470. The second-order valence-corrected chi connectivity index (χ2v) is 9.08. The maximum Gasteiger partial charge on any atom is 0.257 e. The lowest BCUT2D eigenvalue weighted by atomic mass is 10.0. The first-order valence-corrected chi connectivity index (χ1v) is 12.7. The van der Waals surface area contributed by atoms with Crippen molar-refractivity contribution in [1.82, 2.24) is 9.80 Å². The summed E-state index contributed by atoms with van der Waals surface area (Å²) in [5, 5.41) is 29.5. The zero-order valence-electron chi connectivity index (χ0n) is 21.6. The van der Waals surface area contributed by atoms with Gasteiger partial charge in [-0.15, -0.1) is 0 Å². The van der Waals surface area contributed by atoms with E-state index >= 15 is 0 Å². The Balaban J connectivity index is 1.49. The molecule has 1 amide bonds. The number of nitrogens with one attached hydrogen (secondary N) is 2. The van der Waals surface area contributed by atoms with Crippen molar-refractivity contribution in [3.63, 3.8) is 0 Å². The zero-order valence-corrected chi connectivity index (χ0v) is 21.6. The van der Waals surface area contributed by atoms with Crippen LogP contribution in [0.4, 0.5) is 17.1 Å². The Labute approximate surface area is 225 Å². The molecule has 1 aliphatic rings. The summed E-state index contributed by atoms with van der Waals surface area (Å²) in [6.07, 6.45) is 5.53. The molecule has 202 valence electrons. The van der Waals surface area contributed by atoms with Gasteiger partial charge < -0.3 is 30.7 Å². The minimum Gasteiger partial charge on any atom is -0.505 e. The van der Waals surface area contributed by atoms with Crippen molar-refractivity contribution in [2.45, 2.75) is 19.4 Å². The first kappa shape index (κ1) is 27.2. The number of aromatic hydroxyl groups is 1. The van der Waals surface area contributed by atoms with Crippen molar-refractivity contribution >= 4 is 28.8 Å². The molecule has 0 bridgehead atoms. The molecular weight excluding hydrogens is 498 g/mol. The maximum absolute atomic E-state index is 13.2. The van der Waals surface area contributed by atoms with Gasteiger partial charge in [-0.1, -0.05) is 67.2 Å². The van der Waals surface area contributed by atoms with E-state index in [1.165, 1.54) is 12.1 Å². The van der Waals surface area contributed by atoms with Crippen LogP contribution in [0, 0.1) is 0 Å². The summed E-state index contributed by atoms with van der Waals surface area (Å²) in [5.41, 5.74) is 0.0566. The van der Waals surface area contributed by atoms with Gasteiger partial charge in [0.1, 0.15) is 11.4 Å². The number of hydrogen-bond donors (Lipinski definition) is 4. The van der Waals surface area contributed by atoms with E-state index in [9.17, 15) is 24.7 Å². The first-order chi connectivity index (χ1) is 18.9. The second kappa shape index (κ2) is 12.1. The minimum absolute atomic E-state index is 0.0475. The van der Waals surface area contributed by atoms with E-state index in [4.69, 9.17) is 0 Å². The van der Waals surface area contributed by atoms with E-state index in [0.29, 0.717) is 38.4 Å². The number of carbonyl (C=O) groups is 1. The molecule has 1 heterocycles. The van der Waals surface area contributed by atoms with Gasteiger partial charge in [-0.3, -0.25) is 14.4 Å². The number of rotatable bonds is 9. The maximum atomic E-state index is 13.2. The van der Waals surface area contributed by atoms with E-state index in [0.717, 1.165) is 5.56 Å². The Hall–Kier alpha value is -4.86. The van der Waals surface area contributed by atoms with Gasteiger partial charge in [0, 0.05) is 26.2 Å². The van der Waals surface area contributed by atoms with E-state index in [-0.39, 0.29) is 40.3 Å². The van der Waals surface area contributed by atoms with Gasteiger partial charge in [0.05, 0.1) is 17.3 Å². The van der Waals surface area contributed by atoms with Crippen molar-refractivity contribution in [2.75, 3.05) is 36.8 Å². The van der Waals surface area contributed by atoms with Crippen LogP contribution in [-0.4, -0.2) is 58.0 Å². The van der Waals surface area contributed by atoms with Crippen LogP contribution < -0.4 is 21.5 Å². The number of allylic oxidation sites excluding steroid dienone is 2. The zero-order chi connectivity index (χ0) is 27.9. The fraction of sp³-hybridized carbons (Fsp3) is 0.241. The molecule has 0 radical (unpaired) electrons. The van der Waals surface area contributed by atoms with Gasteiger partial charge in [0.15, 0.2) is 11.6 Å². The summed E-state index contributed by atoms with van der Waals surface area (Å²) in [6.45, 7) is 7.14. The molecule has 39 heavy (non-hydrogen) atoms. The number of amides is 1. The van der Waals surface area contributed by atoms with Gasteiger partial charge in [0.25, 0.3) is 16.8 Å². The number of phenols is 1. The molecule has 3 aromatic rings. The quantitative estimate of drug-likeness (QED) is 0.0629. The normalized spacial score (nSPS) is 14.9. The highest BCUT2D eigenvalue weighted by atomic mass is 16.4. The van der Waals surface area contributed by atoms with Crippen molar-refractivity contribution in [3.05, 3.63) is 105 Å². The average molecular weight is 530 g/mol. The molecule has 4 rings (SSSR count). The number of benzene rings is 2. The lowest BCUT2D eigenvalue weighted by Gasteiger charge is -2.35. The molecule has 1 fully saturated rings. The Morgan fingerprint density at radius 2 is 1.69 bits per heavy atom.